The third-order valence-corrected chi connectivity index (χ3v) is 4.00. The fourth-order valence-corrected chi connectivity index (χ4v) is 2.73. The first-order valence-corrected chi connectivity index (χ1v) is 8.30. The number of rotatable bonds is 5. The number of hydrogen-bond acceptors (Lipinski definition) is 6. The first-order chi connectivity index (χ1) is 11.3. The van der Waals surface area contributed by atoms with Gasteiger partial charge in [-0.3, -0.25) is 9.63 Å². The Balaban J connectivity index is 2.17. The predicted octanol–water partition coefficient (Wildman–Crippen LogP) is 2.63. The first kappa shape index (κ1) is 18.3. The Bertz CT molecular complexity index is 689. The van der Waals surface area contributed by atoms with Crippen molar-refractivity contribution in [1.82, 2.24) is 5.06 Å². The van der Waals surface area contributed by atoms with Crippen LogP contribution in [0.15, 0.2) is 34.9 Å². The topological polar surface area (TPSA) is 65.1 Å². The quantitative estimate of drug-likeness (QED) is 0.350. The lowest BCUT2D eigenvalue weighted by molar-refractivity contribution is -0.173. The summed E-state index contributed by atoms with van der Waals surface area (Å²) in [5, 5.41) is 1.04. The molecule has 6 nitrogen and oxygen atoms in total. The van der Waals surface area contributed by atoms with Crippen molar-refractivity contribution in [2.24, 2.45) is 0 Å². The average molecular weight is 355 g/mol. The van der Waals surface area contributed by atoms with Crippen LogP contribution >= 0.6 is 11.8 Å². The van der Waals surface area contributed by atoms with Gasteiger partial charge in [0.1, 0.15) is 5.82 Å². The fraction of sp³-hybridized carbons (Fsp3) is 0.375. The maximum Gasteiger partial charge on any atom is 0.377 e. The van der Waals surface area contributed by atoms with Crippen LogP contribution in [-0.2, 0) is 30.4 Å². The van der Waals surface area contributed by atoms with Crippen molar-refractivity contribution in [3.05, 3.63) is 41.4 Å². The molecule has 24 heavy (non-hydrogen) atoms. The van der Waals surface area contributed by atoms with Crippen LogP contribution < -0.4 is 0 Å². The molecule has 1 fully saturated rings. The van der Waals surface area contributed by atoms with E-state index in [-0.39, 0.29) is 18.1 Å². The number of carbonyl (C=O) groups is 2. The van der Waals surface area contributed by atoms with Gasteiger partial charge in [0.15, 0.2) is 0 Å². The molecule has 1 aliphatic heterocycles. The van der Waals surface area contributed by atoms with Crippen LogP contribution in [0.2, 0.25) is 0 Å². The van der Waals surface area contributed by atoms with Crippen LogP contribution in [0.1, 0.15) is 19.4 Å². The SMILES string of the molecule is CON(Cc1ccc(F)cc1SC)C(=O)C=C1OC(C)(C)OC1=O. The van der Waals surface area contributed by atoms with Gasteiger partial charge in [-0.05, 0) is 24.0 Å². The Labute approximate surface area is 143 Å². The van der Waals surface area contributed by atoms with Crippen molar-refractivity contribution in [2.45, 2.75) is 31.1 Å². The molecule has 1 aromatic carbocycles. The fourth-order valence-electron chi connectivity index (χ4n) is 2.11. The molecule has 1 saturated heterocycles. The number of benzene rings is 1. The van der Waals surface area contributed by atoms with Crippen molar-refractivity contribution in [1.29, 1.82) is 0 Å². The molecule has 2 rings (SSSR count). The van der Waals surface area contributed by atoms with Crippen LogP contribution in [0.4, 0.5) is 4.39 Å². The Morgan fingerprint density at radius 3 is 2.67 bits per heavy atom. The summed E-state index contributed by atoms with van der Waals surface area (Å²) in [5.41, 5.74) is 0.716. The maximum absolute atomic E-state index is 13.3. The molecule has 0 aromatic heterocycles. The number of amides is 1. The third-order valence-electron chi connectivity index (χ3n) is 3.18. The summed E-state index contributed by atoms with van der Waals surface area (Å²) in [6, 6.07) is 4.28. The van der Waals surface area contributed by atoms with Crippen LogP contribution in [0.5, 0.6) is 0 Å². The summed E-state index contributed by atoms with van der Waals surface area (Å²) in [7, 11) is 1.33. The lowest BCUT2D eigenvalue weighted by atomic mass is 10.2. The third kappa shape index (κ3) is 4.27. The van der Waals surface area contributed by atoms with Crippen molar-refractivity contribution in [2.75, 3.05) is 13.4 Å². The molecule has 1 amide bonds. The van der Waals surface area contributed by atoms with E-state index < -0.39 is 17.7 Å². The van der Waals surface area contributed by atoms with E-state index in [1.54, 1.807) is 19.9 Å². The molecular weight excluding hydrogens is 337 g/mol. The number of nitrogens with zero attached hydrogens (tertiary/aromatic N) is 1. The zero-order chi connectivity index (χ0) is 17.9. The van der Waals surface area contributed by atoms with Crippen LogP contribution in [0.25, 0.3) is 0 Å². The van der Waals surface area contributed by atoms with Gasteiger partial charge in [-0.2, -0.15) is 0 Å². The van der Waals surface area contributed by atoms with Gasteiger partial charge in [-0.25, -0.2) is 14.2 Å². The van der Waals surface area contributed by atoms with E-state index in [1.807, 2.05) is 6.26 Å². The van der Waals surface area contributed by atoms with E-state index in [9.17, 15) is 14.0 Å². The summed E-state index contributed by atoms with van der Waals surface area (Å²) < 4.78 is 23.5. The second-order valence-corrected chi connectivity index (χ2v) is 6.26. The van der Waals surface area contributed by atoms with Gasteiger partial charge >= 0.3 is 5.97 Å². The van der Waals surface area contributed by atoms with Crippen molar-refractivity contribution in [3.63, 3.8) is 0 Å². The zero-order valence-corrected chi connectivity index (χ0v) is 14.6. The first-order valence-electron chi connectivity index (χ1n) is 7.08. The van der Waals surface area contributed by atoms with E-state index in [0.29, 0.717) is 10.5 Å². The molecule has 0 saturated carbocycles. The number of halogens is 1. The minimum absolute atomic E-state index is 0.0913. The molecule has 1 aliphatic rings. The number of cyclic esters (lactones) is 1. The van der Waals surface area contributed by atoms with E-state index >= 15 is 0 Å². The van der Waals surface area contributed by atoms with Crippen LogP contribution in [0, 0.1) is 5.82 Å². The smallest absolute Gasteiger partial charge is 0.377 e. The summed E-state index contributed by atoms with van der Waals surface area (Å²) in [6.07, 6.45) is 2.83. The van der Waals surface area contributed by atoms with Crippen LogP contribution in [0.3, 0.4) is 0 Å². The molecule has 1 aromatic rings. The molecule has 0 unspecified atom stereocenters. The zero-order valence-electron chi connectivity index (χ0n) is 13.8. The Kier molecular flexibility index (Phi) is 5.51. The highest BCUT2D eigenvalue weighted by Crippen LogP contribution is 2.27. The molecule has 8 heteroatoms. The number of esters is 1. The molecule has 0 N–H and O–H groups in total. The molecule has 0 aliphatic carbocycles. The van der Waals surface area contributed by atoms with Gasteiger partial charge < -0.3 is 9.47 Å². The maximum atomic E-state index is 13.3. The molecule has 0 bridgehead atoms. The molecular formula is C16H18FNO5S. The normalized spacial score (nSPS) is 17.5. The second kappa shape index (κ2) is 7.23. The number of thioether (sulfide) groups is 1. The van der Waals surface area contributed by atoms with E-state index in [2.05, 4.69) is 0 Å². The van der Waals surface area contributed by atoms with Gasteiger partial charge in [-0.1, -0.05) is 6.07 Å². The summed E-state index contributed by atoms with van der Waals surface area (Å²) in [4.78, 5) is 29.7. The Morgan fingerprint density at radius 2 is 2.12 bits per heavy atom. The van der Waals surface area contributed by atoms with Crippen molar-refractivity contribution >= 4 is 23.6 Å². The lowest BCUT2D eigenvalue weighted by Crippen LogP contribution is -2.28. The highest BCUT2D eigenvalue weighted by atomic mass is 32.2. The summed E-state index contributed by atoms with van der Waals surface area (Å²) in [5.74, 6) is -2.94. The highest BCUT2D eigenvalue weighted by molar-refractivity contribution is 7.98. The van der Waals surface area contributed by atoms with Gasteiger partial charge in [0, 0.05) is 18.7 Å². The summed E-state index contributed by atoms with van der Waals surface area (Å²) >= 11 is 1.36. The van der Waals surface area contributed by atoms with Gasteiger partial charge in [0.2, 0.25) is 11.5 Å². The number of carbonyl (C=O) groups excluding carboxylic acids is 2. The van der Waals surface area contributed by atoms with Crippen molar-refractivity contribution in [3.8, 4) is 0 Å². The van der Waals surface area contributed by atoms with E-state index in [4.69, 9.17) is 14.3 Å². The van der Waals surface area contributed by atoms with E-state index in [0.717, 1.165) is 11.1 Å². The molecule has 1 heterocycles. The Morgan fingerprint density at radius 1 is 1.42 bits per heavy atom. The number of hydrogen-bond donors (Lipinski definition) is 0. The standard InChI is InChI=1S/C16H18FNO5S/c1-16(2)22-12(15(20)23-16)8-14(19)18(21-3)9-10-5-6-11(17)7-13(10)24-4/h5-8H,9H2,1-4H3. The van der Waals surface area contributed by atoms with Gasteiger partial charge in [0.05, 0.1) is 19.7 Å². The molecule has 0 spiro atoms. The van der Waals surface area contributed by atoms with E-state index in [1.165, 1.54) is 31.0 Å². The van der Waals surface area contributed by atoms with Crippen LogP contribution in [-0.4, -0.2) is 36.1 Å². The number of hydroxylamine groups is 2. The largest absolute Gasteiger partial charge is 0.445 e. The number of ether oxygens (including phenoxy) is 2. The Hall–Kier alpha value is -2.06. The van der Waals surface area contributed by atoms with Gasteiger partial charge in [0.25, 0.3) is 5.91 Å². The average Bonchev–Trinajstić information content (AvgIpc) is 2.77. The minimum atomic E-state index is -1.11. The predicted molar refractivity (Wildman–Crippen MR) is 85.1 cm³/mol. The molecule has 130 valence electrons. The van der Waals surface area contributed by atoms with Crippen molar-refractivity contribution < 1.29 is 28.3 Å². The highest BCUT2D eigenvalue weighted by Gasteiger charge is 2.38. The monoisotopic (exact) mass is 355 g/mol. The second-order valence-electron chi connectivity index (χ2n) is 5.41. The summed E-state index contributed by atoms with van der Waals surface area (Å²) in [6.45, 7) is 3.22. The minimum Gasteiger partial charge on any atom is -0.445 e. The molecule has 0 radical (unpaired) electrons. The lowest BCUT2D eigenvalue weighted by Gasteiger charge is -2.19. The molecule has 0 atom stereocenters. The van der Waals surface area contributed by atoms with Gasteiger partial charge in [-0.15, -0.1) is 11.8 Å².